The summed E-state index contributed by atoms with van der Waals surface area (Å²) in [7, 11) is -1.18. The van der Waals surface area contributed by atoms with Crippen molar-refractivity contribution in [3.8, 4) is 0 Å². The molecule has 26 heavy (non-hydrogen) atoms. The SMILES string of the molecule is NC(CCCCB(O)O)C1CCN(CCCc2ccc(Cl)cc2Cl)CC1. The van der Waals surface area contributed by atoms with Gasteiger partial charge in [0.1, 0.15) is 0 Å². The lowest BCUT2D eigenvalue weighted by Crippen LogP contribution is -2.41. The lowest BCUT2D eigenvalue weighted by Gasteiger charge is -2.34. The molecular formula is C19H31BCl2N2O2. The number of benzene rings is 1. The molecule has 0 bridgehead atoms. The van der Waals surface area contributed by atoms with Crippen LogP contribution >= 0.6 is 23.2 Å². The molecule has 1 aromatic rings. The van der Waals surface area contributed by atoms with Gasteiger partial charge in [-0.25, -0.2) is 0 Å². The number of nitrogens with two attached hydrogens (primary N) is 1. The van der Waals surface area contributed by atoms with Gasteiger partial charge in [0.15, 0.2) is 0 Å². The molecule has 1 saturated heterocycles. The minimum atomic E-state index is -1.18. The van der Waals surface area contributed by atoms with Crippen LogP contribution in [0.15, 0.2) is 18.2 Å². The molecule has 1 atom stereocenters. The molecule has 0 aromatic heterocycles. The molecule has 2 rings (SSSR count). The summed E-state index contributed by atoms with van der Waals surface area (Å²) < 4.78 is 0. The van der Waals surface area contributed by atoms with Crippen molar-refractivity contribution < 1.29 is 10.0 Å². The van der Waals surface area contributed by atoms with Crippen molar-refractivity contribution in [2.24, 2.45) is 11.7 Å². The Labute approximate surface area is 167 Å². The van der Waals surface area contributed by atoms with E-state index in [-0.39, 0.29) is 6.04 Å². The minimum absolute atomic E-state index is 0.237. The first kappa shape index (κ1) is 22.0. The molecule has 1 heterocycles. The molecule has 146 valence electrons. The fourth-order valence-electron chi connectivity index (χ4n) is 3.76. The average molecular weight is 401 g/mol. The molecule has 0 radical (unpaired) electrons. The van der Waals surface area contributed by atoms with Crippen molar-refractivity contribution in [2.45, 2.75) is 57.3 Å². The van der Waals surface area contributed by atoms with E-state index in [9.17, 15) is 0 Å². The van der Waals surface area contributed by atoms with Gasteiger partial charge in [-0.15, -0.1) is 0 Å². The van der Waals surface area contributed by atoms with Crippen LogP contribution in [-0.2, 0) is 6.42 Å². The van der Waals surface area contributed by atoms with E-state index in [1.807, 2.05) is 18.2 Å². The van der Waals surface area contributed by atoms with Crippen molar-refractivity contribution in [1.82, 2.24) is 4.90 Å². The average Bonchev–Trinajstić information content (AvgIpc) is 2.61. The highest BCUT2D eigenvalue weighted by atomic mass is 35.5. The van der Waals surface area contributed by atoms with Crippen LogP contribution in [0.4, 0.5) is 0 Å². The van der Waals surface area contributed by atoms with E-state index in [0.29, 0.717) is 17.3 Å². The maximum Gasteiger partial charge on any atom is 0.451 e. The van der Waals surface area contributed by atoms with Crippen LogP contribution < -0.4 is 5.73 Å². The van der Waals surface area contributed by atoms with Crippen LogP contribution in [0.5, 0.6) is 0 Å². The predicted octanol–water partition coefficient (Wildman–Crippen LogP) is 3.61. The quantitative estimate of drug-likeness (QED) is 0.414. The fourth-order valence-corrected chi connectivity index (χ4v) is 4.27. The summed E-state index contributed by atoms with van der Waals surface area (Å²) >= 11 is 12.2. The van der Waals surface area contributed by atoms with Gasteiger partial charge in [-0.05, 0) is 81.7 Å². The molecule has 0 amide bonds. The Bertz CT molecular complexity index is 540. The van der Waals surface area contributed by atoms with E-state index in [1.165, 1.54) is 5.56 Å². The Kier molecular flexibility index (Phi) is 9.75. The third-order valence-corrected chi connectivity index (χ3v) is 6.01. The van der Waals surface area contributed by atoms with Gasteiger partial charge >= 0.3 is 7.12 Å². The van der Waals surface area contributed by atoms with Crippen LogP contribution in [0, 0.1) is 5.92 Å². The number of hydrogen-bond acceptors (Lipinski definition) is 4. The maximum atomic E-state index is 8.87. The van der Waals surface area contributed by atoms with Gasteiger partial charge in [0.2, 0.25) is 0 Å². The van der Waals surface area contributed by atoms with Crippen LogP contribution in [0.2, 0.25) is 16.4 Å². The molecule has 4 nitrogen and oxygen atoms in total. The first-order chi connectivity index (χ1) is 12.5. The highest BCUT2D eigenvalue weighted by Crippen LogP contribution is 2.24. The number of aryl methyl sites for hydroxylation is 1. The summed E-state index contributed by atoms with van der Waals surface area (Å²) in [6.45, 7) is 3.32. The predicted molar refractivity (Wildman–Crippen MR) is 111 cm³/mol. The Balaban J connectivity index is 1.60. The highest BCUT2D eigenvalue weighted by Gasteiger charge is 2.23. The zero-order chi connectivity index (χ0) is 18.9. The van der Waals surface area contributed by atoms with Gasteiger partial charge in [0.25, 0.3) is 0 Å². The molecule has 1 aliphatic heterocycles. The summed E-state index contributed by atoms with van der Waals surface area (Å²) in [6.07, 6.45) is 7.62. The van der Waals surface area contributed by atoms with Gasteiger partial charge in [0, 0.05) is 16.1 Å². The number of piperidine rings is 1. The summed E-state index contributed by atoms with van der Waals surface area (Å²) in [5.41, 5.74) is 7.51. The number of unbranched alkanes of at least 4 members (excludes halogenated alkanes) is 1. The minimum Gasteiger partial charge on any atom is -0.427 e. The summed E-state index contributed by atoms with van der Waals surface area (Å²) in [6, 6.07) is 5.97. The van der Waals surface area contributed by atoms with Gasteiger partial charge in [0.05, 0.1) is 0 Å². The van der Waals surface area contributed by atoms with Crippen LogP contribution in [0.1, 0.15) is 44.1 Å². The molecule has 7 heteroatoms. The monoisotopic (exact) mass is 400 g/mol. The van der Waals surface area contributed by atoms with Crippen molar-refractivity contribution in [1.29, 1.82) is 0 Å². The largest absolute Gasteiger partial charge is 0.451 e. The number of halogens is 2. The number of likely N-dealkylation sites (tertiary alicyclic amines) is 1. The summed E-state index contributed by atoms with van der Waals surface area (Å²) in [5.74, 6) is 0.594. The first-order valence-electron chi connectivity index (χ1n) is 9.73. The molecule has 4 N–H and O–H groups in total. The fraction of sp³-hybridized carbons (Fsp3) is 0.684. The maximum absolute atomic E-state index is 8.87. The molecule has 1 fully saturated rings. The zero-order valence-electron chi connectivity index (χ0n) is 15.4. The van der Waals surface area contributed by atoms with Gasteiger partial charge < -0.3 is 20.7 Å². The van der Waals surface area contributed by atoms with Crippen molar-refractivity contribution in [3.63, 3.8) is 0 Å². The second kappa shape index (κ2) is 11.5. The lowest BCUT2D eigenvalue weighted by molar-refractivity contribution is 0.164. The molecule has 0 spiro atoms. The third-order valence-electron chi connectivity index (χ3n) is 5.42. The Morgan fingerprint density at radius 1 is 1.15 bits per heavy atom. The van der Waals surface area contributed by atoms with E-state index in [4.69, 9.17) is 39.0 Å². The Morgan fingerprint density at radius 2 is 1.88 bits per heavy atom. The van der Waals surface area contributed by atoms with E-state index in [2.05, 4.69) is 4.90 Å². The van der Waals surface area contributed by atoms with Crippen molar-refractivity contribution >= 4 is 30.3 Å². The van der Waals surface area contributed by atoms with E-state index >= 15 is 0 Å². The van der Waals surface area contributed by atoms with Crippen LogP contribution in [-0.4, -0.2) is 47.7 Å². The van der Waals surface area contributed by atoms with Gasteiger partial charge in [-0.2, -0.15) is 0 Å². The van der Waals surface area contributed by atoms with Crippen molar-refractivity contribution in [2.75, 3.05) is 19.6 Å². The molecule has 0 saturated carbocycles. The van der Waals surface area contributed by atoms with Crippen LogP contribution in [0.25, 0.3) is 0 Å². The third kappa shape index (κ3) is 7.75. The molecule has 1 aromatic carbocycles. The molecule has 1 aliphatic rings. The number of nitrogens with zero attached hydrogens (tertiary/aromatic N) is 1. The van der Waals surface area contributed by atoms with E-state index < -0.39 is 7.12 Å². The lowest BCUT2D eigenvalue weighted by atomic mass is 9.82. The Morgan fingerprint density at radius 3 is 2.54 bits per heavy atom. The number of hydrogen-bond donors (Lipinski definition) is 3. The topological polar surface area (TPSA) is 69.7 Å². The zero-order valence-corrected chi connectivity index (χ0v) is 16.9. The van der Waals surface area contributed by atoms with Crippen molar-refractivity contribution in [3.05, 3.63) is 33.8 Å². The van der Waals surface area contributed by atoms with Gasteiger partial charge in [-0.1, -0.05) is 42.1 Å². The van der Waals surface area contributed by atoms with Gasteiger partial charge in [-0.3, -0.25) is 0 Å². The normalized spacial score (nSPS) is 17.4. The van der Waals surface area contributed by atoms with E-state index in [0.717, 1.165) is 69.6 Å². The summed E-state index contributed by atoms with van der Waals surface area (Å²) in [4.78, 5) is 2.52. The number of rotatable bonds is 10. The van der Waals surface area contributed by atoms with Crippen LogP contribution in [0.3, 0.4) is 0 Å². The molecular weight excluding hydrogens is 370 g/mol. The molecule has 0 aliphatic carbocycles. The smallest absolute Gasteiger partial charge is 0.427 e. The Hall–Kier alpha value is -0.295. The second-order valence-electron chi connectivity index (χ2n) is 7.45. The summed E-state index contributed by atoms with van der Waals surface area (Å²) in [5, 5.41) is 19.2. The second-order valence-corrected chi connectivity index (χ2v) is 8.29. The first-order valence-corrected chi connectivity index (χ1v) is 10.5. The molecule has 1 unspecified atom stereocenters. The van der Waals surface area contributed by atoms with E-state index in [1.54, 1.807) is 0 Å². The highest BCUT2D eigenvalue weighted by molar-refractivity contribution is 6.40. The standard InChI is InChI=1S/C19H31BCl2N2O2/c21-17-7-6-15(18(22)14-17)4-3-11-24-12-8-16(9-13-24)19(23)5-1-2-10-20(25)26/h6-7,14,16,19,25-26H,1-5,8-13,23H2.